The van der Waals surface area contributed by atoms with Crippen LogP contribution in [0.3, 0.4) is 0 Å². The predicted molar refractivity (Wildman–Crippen MR) is 66.1 cm³/mol. The molecule has 15 heavy (non-hydrogen) atoms. The molecule has 0 atom stereocenters. The molecule has 0 N–H and O–H groups in total. The van der Waals surface area contributed by atoms with Crippen LogP contribution in [-0.4, -0.2) is 18.3 Å². The van der Waals surface area contributed by atoms with Crippen molar-refractivity contribution >= 4 is 26.8 Å². The van der Waals surface area contributed by atoms with Gasteiger partial charge in [0.2, 0.25) is 0 Å². The van der Waals surface area contributed by atoms with Gasteiger partial charge in [0, 0.05) is 41.8 Å². The lowest BCUT2D eigenvalue weighted by Crippen LogP contribution is -1.99. The number of ether oxygens (including phenoxy) is 1. The summed E-state index contributed by atoms with van der Waals surface area (Å²) in [6.07, 6.45) is 3.18. The SMILES string of the molecule is COCCCn1ccc2cc(Br)ccc21. The van der Waals surface area contributed by atoms with Crippen molar-refractivity contribution in [2.45, 2.75) is 13.0 Å². The van der Waals surface area contributed by atoms with Gasteiger partial charge in [-0.3, -0.25) is 0 Å². The van der Waals surface area contributed by atoms with Crippen molar-refractivity contribution in [3.63, 3.8) is 0 Å². The van der Waals surface area contributed by atoms with E-state index in [0.717, 1.165) is 24.0 Å². The number of aromatic nitrogens is 1. The second kappa shape index (κ2) is 4.81. The minimum atomic E-state index is 0.816. The molecule has 0 aliphatic rings. The summed E-state index contributed by atoms with van der Waals surface area (Å²) in [5.41, 5.74) is 1.29. The zero-order valence-electron chi connectivity index (χ0n) is 8.74. The van der Waals surface area contributed by atoms with Crippen LogP contribution in [0.2, 0.25) is 0 Å². The van der Waals surface area contributed by atoms with Gasteiger partial charge in [0.15, 0.2) is 0 Å². The van der Waals surface area contributed by atoms with Gasteiger partial charge in [-0.1, -0.05) is 15.9 Å². The van der Waals surface area contributed by atoms with Gasteiger partial charge in [0.05, 0.1) is 0 Å². The van der Waals surface area contributed by atoms with E-state index in [0.29, 0.717) is 0 Å². The van der Waals surface area contributed by atoms with Crippen LogP contribution in [0.5, 0.6) is 0 Å². The van der Waals surface area contributed by atoms with Crippen LogP contribution in [0.25, 0.3) is 10.9 Å². The highest BCUT2D eigenvalue weighted by atomic mass is 79.9. The predicted octanol–water partition coefficient (Wildman–Crippen LogP) is 3.44. The van der Waals surface area contributed by atoms with Gasteiger partial charge in [-0.15, -0.1) is 0 Å². The topological polar surface area (TPSA) is 14.2 Å². The number of aryl methyl sites for hydroxylation is 1. The van der Waals surface area contributed by atoms with Crippen LogP contribution < -0.4 is 0 Å². The van der Waals surface area contributed by atoms with E-state index < -0.39 is 0 Å². The summed E-state index contributed by atoms with van der Waals surface area (Å²) in [6, 6.07) is 8.51. The van der Waals surface area contributed by atoms with Gasteiger partial charge in [-0.2, -0.15) is 0 Å². The fourth-order valence-corrected chi connectivity index (χ4v) is 2.12. The number of fused-ring (bicyclic) bond motifs is 1. The highest BCUT2D eigenvalue weighted by Crippen LogP contribution is 2.20. The van der Waals surface area contributed by atoms with Gasteiger partial charge < -0.3 is 9.30 Å². The number of benzene rings is 1. The molecule has 0 saturated carbocycles. The number of nitrogens with zero attached hydrogens (tertiary/aromatic N) is 1. The Bertz CT molecular complexity index is 450. The Morgan fingerprint density at radius 1 is 1.33 bits per heavy atom. The molecule has 1 aromatic carbocycles. The molecule has 0 aliphatic carbocycles. The third-order valence-electron chi connectivity index (χ3n) is 2.48. The molecule has 80 valence electrons. The summed E-state index contributed by atoms with van der Waals surface area (Å²) < 4.78 is 8.44. The minimum absolute atomic E-state index is 0.816. The Morgan fingerprint density at radius 3 is 3.00 bits per heavy atom. The van der Waals surface area contributed by atoms with Gasteiger partial charge in [0.25, 0.3) is 0 Å². The first-order valence-corrected chi connectivity index (χ1v) is 5.84. The molecular weight excluding hydrogens is 254 g/mol. The first-order valence-electron chi connectivity index (χ1n) is 5.04. The lowest BCUT2D eigenvalue weighted by Gasteiger charge is -2.04. The highest BCUT2D eigenvalue weighted by molar-refractivity contribution is 9.10. The Kier molecular flexibility index (Phi) is 3.44. The van der Waals surface area contributed by atoms with Crippen LogP contribution in [0, 0.1) is 0 Å². The summed E-state index contributed by atoms with van der Waals surface area (Å²) in [5.74, 6) is 0. The number of hydrogen-bond acceptors (Lipinski definition) is 1. The van der Waals surface area contributed by atoms with Gasteiger partial charge >= 0.3 is 0 Å². The molecule has 0 unspecified atom stereocenters. The van der Waals surface area contributed by atoms with Crippen molar-refractivity contribution in [2.24, 2.45) is 0 Å². The van der Waals surface area contributed by atoms with Crippen LogP contribution in [-0.2, 0) is 11.3 Å². The summed E-state index contributed by atoms with van der Waals surface area (Å²) >= 11 is 3.48. The second-order valence-corrected chi connectivity index (χ2v) is 4.47. The first-order chi connectivity index (χ1) is 7.31. The van der Waals surface area contributed by atoms with Crippen LogP contribution in [0.4, 0.5) is 0 Å². The van der Waals surface area contributed by atoms with E-state index >= 15 is 0 Å². The molecule has 1 heterocycles. The van der Waals surface area contributed by atoms with E-state index in [9.17, 15) is 0 Å². The van der Waals surface area contributed by atoms with Crippen molar-refractivity contribution in [1.29, 1.82) is 0 Å². The Labute approximate surface area is 98.0 Å². The molecular formula is C12H14BrNO. The van der Waals surface area contributed by atoms with Gasteiger partial charge in [-0.05, 0) is 30.7 Å². The van der Waals surface area contributed by atoms with E-state index in [2.05, 4.69) is 51.0 Å². The zero-order chi connectivity index (χ0) is 10.7. The molecule has 0 saturated heterocycles. The molecule has 2 nitrogen and oxygen atoms in total. The smallest absolute Gasteiger partial charge is 0.0481 e. The average molecular weight is 268 g/mol. The summed E-state index contributed by atoms with van der Waals surface area (Å²) in [5, 5.41) is 1.28. The number of hydrogen-bond donors (Lipinski definition) is 0. The molecule has 1 aromatic heterocycles. The number of methoxy groups -OCH3 is 1. The quantitative estimate of drug-likeness (QED) is 0.775. The Balaban J connectivity index is 2.21. The van der Waals surface area contributed by atoms with E-state index in [1.165, 1.54) is 10.9 Å². The summed E-state index contributed by atoms with van der Waals surface area (Å²) in [4.78, 5) is 0. The van der Waals surface area contributed by atoms with E-state index in [1.807, 2.05) is 0 Å². The molecule has 3 heteroatoms. The molecule has 0 bridgehead atoms. The van der Waals surface area contributed by atoms with E-state index in [4.69, 9.17) is 4.74 Å². The molecule has 0 aliphatic heterocycles. The molecule has 2 rings (SSSR count). The number of rotatable bonds is 4. The first kappa shape index (κ1) is 10.7. The van der Waals surface area contributed by atoms with Crippen molar-refractivity contribution in [3.8, 4) is 0 Å². The molecule has 2 aromatic rings. The maximum absolute atomic E-state index is 5.05. The Morgan fingerprint density at radius 2 is 2.20 bits per heavy atom. The summed E-state index contributed by atoms with van der Waals surface area (Å²) in [7, 11) is 1.74. The minimum Gasteiger partial charge on any atom is -0.385 e. The fourth-order valence-electron chi connectivity index (χ4n) is 1.75. The molecule has 0 amide bonds. The normalized spacial score (nSPS) is 11.1. The van der Waals surface area contributed by atoms with E-state index in [-0.39, 0.29) is 0 Å². The third-order valence-corrected chi connectivity index (χ3v) is 2.97. The monoisotopic (exact) mass is 267 g/mol. The highest BCUT2D eigenvalue weighted by Gasteiger charge is 2.00. The second-order valence-electron chi connectivity index (χ2n) is 3.56. The number of halogens is 1. The molecule has 0 spiro atoms. The van der Waals surface area contributed by atoms with Crippen LogP contribution in [0.1, 0.15) is 6.42 Å². The van der Waals surface area contributed by atoms with Crippen LogP contribution in [0.15, 0.2) is 34.9 Å². The maximum Gasteiger partial charge on any atom is 0.0481 e. The van der Waals surface area contributed by atoms with Crippen molar-refractivity contribution < 1.29 is 4.74 Å². The van der Waals surface area contributed by atoms with Gasteiger partial charge in [-0.25, -0.2) is 0 Å². The largest absolute Gasteiger partial charge is 0.385 e. The van der Waals surface area contributed by atoms with Crippen molar-refractivity contribution in [1.82, 2.24) is 4.57 Å². The lowest BCUT2D eigenvalue weighted by atomic mass is 10.2. The fraction of sp³-hybridized carbons (Fsp3) is 0.333. The van der Waals surface area contributed by atoms with Crippen LogP contribution >= 0.6 is 15.9 Å². The Hall–Kier alpha value is -0.800. The standard InChI is InChI=1S/C12H14BrNO/c1-15-8-2-6-14-7-5-10-9-11(13)3-4-12(10)14/h3-5,7,9H,2,6,8H2,1H3. The van der Waals surface area contributed by atoms with Crippen molar-refractivity contribution in [2.75, 3.05) is 13.7 Å². The maximum atomic E-state index is 5.05. The third kappa shape index (κ3) is 2.41. The van der Waals surface area contributed by atoms with E-state index in [1.54, 1.807) is 7.11 Å². The molecule has 0 radical (unpaired) electrons. The van der Waals surface area contributed by atoms with Crippen molar-refractivity contribution in [3.05, 3.63) is 34.9 Å². The average Bonchev–Trinajstić information content (AvgIpc) is 2.61. The lowest BCUT2D eigenvalue weighted by molar-refractivity contribution is 0.190. The molecule has 0 fully saturated rings. The van der Waals surface area contributed by atoms with Gasteiger partial charge in [0.1, 0.15) is 0 Å². The zero-order valence-corrected chi connectivity index (χ0v) is 10.3. The summed E-state index contributed by atoms with van der Waals surface area (Å²) in [6.45, 7) is 1.83.